The number of benzene rings is 3. The quantitative estimate of drug-likeness (QED) is 0.472. The molecule has 0 radical (unpaired) electrons. The molecule has 0 aliphatic carbocycles. The van der Waals surface area contributed by atoms with Gasteiger partial charge >= 0.3 is 0 Å². The summed E-state index contributed by atoms with van der Waals surface area (Å²) in [5.41, 5.74) is 2.02. The largest absolute Gasteiger partial charge is 0.490 e. The summed E-state index contributed by atoms with van der Waals surface area (Å²) in [6.45, 7) is 2.41. The van der Waals surface area contributed by atoms with Crippen molar-refractivity contribution in [3.63, 3.8) is 0 Å². The van der Waals surface area contributed by atoms with Crippen LogP contribution in [0.4, 0.5) is 10.1 Å². The fraction of sp³-hybridized carbons (Fsp3) is 0.120. The van der Waals surface area contributed by atoms with Crippen LogP contribution >= 0.6 is 11.8 Å². The van der Waals surface area contributed by atoms with Crippen LogP contribution in [0, 0.1) is 5.82 Å². The number of ether oxygens (including phenoxy) is 2. The number of carbonyl (C=O) groups excluding carboxylic acids is 1. The number of nitrogens with zero attached hydrogens (tertiary/aromatic N) is 1. The van der Waals surface area contributed by atoms with E-state index in [4.69, 9.17) is 9.47 Å². The number of hydrogen-bond acceptors (Lipinski definition) is 5. The minimum atomic E-state index is -0.316. The molecule has 0 atom stereocenters. The molecule has 7 heteroatoms. The summed E-state index contributed by atoms with van der Waals surface area (Å²) in [6, 6.07) is 21.3. The van der Waals surface area contributed by atoms with Crippen molar-refractivity contribution in [1.82, 2.24) is 5.32 Å². The van der Waals surface area contributed by atoms with Crippen molar-refractivity contribution in [3.05, 3.63) is 94.6 Å². The van der Waals surface area contributed by atoms with Crippen LogP contribution in [0.1, 0.15) is 18.1 Å². The number of nitrogens with one attached hydrogen (secondary N) is 1. The maximum atomic E-state index is 13.9. The summed E-state index contributed by atoms with van der Waals surface area (Å²) < 4.78 is 25.4. The maximum absolute atomic E-state index is 13.9. The number of carbonyl (C=O) groups is 1. The summed E-state index contributed by atoms with van der Waals surface area (Å²) in [5.74, 6) is 0.512. The standard InChI is InChI=1S/C25H21FN2O3S/c1-2-30-22-14-17(12-13-21(22)31-16-18-8-6-7-11-20(18)26)15-23-24(29)28-25(32-23)27-19-9-4-3-5-10-19/h3-15H,2,16H2,1H3,(H,27,28,29)/b23-15+. The van der Waals surface area contributed by atoms with E-state index in [1.807, 2.05) is 43.3 Å². The molecule has 0 spiro atoms. The van der Waals surface area contributed by atoms with Gasteiger partial charge in [-0.1, -0.05) is 42.5 Å². The smallest absolute Gasteiger partial charge is 0.264 e. The highest BCUT2D eigenvalue weighted by atomic mass is 32.2. The van der Waals surface area contributed by atoms with E-state index >= 15 is 0 Å². The van der Waals surface area contributed by atoms with Crippen molar-refractivity contribution < 1.29 is 18.7 Å². The number of amides is 1. The molecule has 0 bridgehead atoms. The van der Waals surface area contributed by atoms with Crippen LogP contribution in [0.5, 0.6) is 11.5 Å². The summed E-state index contributed by atoms with van der Waals surface area (Å²) in [7, 11) is 0. The number of hydrogen-bond donors (Lipinski definition) is 1. The van der Waals surface area contributed by atoms with Gasteiger partial charge in [-0.05, 0) is 60.7 Å². The van der Waals surface area contributed by atoms with Crippen LogP contribution in [0.25, 0.3) is 6.08 Å². The number of para-hydroxylation sites is 1. The van der Waals surface area contributed by atoms with Crippen molar-refractivity contribution in [2.45, 2.75) is 13.5 Å². The van der Waals surface area contributed by atoms with Crippen molar-refractivity contribution >= 4 is 34.6 Å². The number of amidine groups is 1. The molecule has 1 aliphatic heterocycles. The van der Waals surface area contributed by atoms with Gasteiger partial charge in [-0.15, -0.1) is 0 Å². The van der Waals surface area contributed by atoms with Crippen LogP contribution in [0.15, 0.2) is 82.7 Å². The normalized spacial score (nSPS) is 15.8. The summed E-state index contributed by atoms with van der Waals surface area (Å²) in [5, 5.41) is 3.31. The highest BCUT2D eigenvalue weighted by molar-refractivity contribution is 8.18. The summed E-state index contributed by atoms with van der Waals surface area (Å²) in [6.07, 6.45) is 1.77. The fourth-order valence-electron chi connectivity index (χ4n) is 3.02. The van der Waals surface area contributed by atoms with E-state index in [0.717, 1.165) is 11.3 Å². The van der Waals surface area contributed by atoms with Crippen LogP contribution in [0.2, 0.25) is 0 Å². The third-order valence-corrected chi connectivity index (χ3v) is 5.45. The molecule has 1 saturated heterocycles. The zero-order valence-corrected chi connectivity index (χ0v) is 18.2. The minimum Gasteiger partial charge on any atom is -0.490 e. The van der Waals surface area contributed by atoms with E-state index in [1.54, 1.807) is 36.4 Å². The Labute approximate surface area is 190 Å². The van der Waals surface area contributed by atoms with Gasteiger partial charge in [-0.3, -0.25) is 4.79 Å². The first-order valence-corrected chi connectivity index (χ1v) is 10.9. The second-order valence-electron chi connectivity index (χ2n) is 6.84. The lowest BCUT2D eigenvalue weighted by Crippen LogP contribution is -2.19. The Morgan fingerprint density at radius 1 is 1.00 bits per heavy atom. The molecule has 162 valence electrons. The molecule has 5 nitrogen and oxygen atoms in total. The molecule has 1 N–H and O–H groups in total. The highest BCUT2D eigenvalue weighted by Gasteiger charge is 2.24. The lowest BCUT2D eigenvalue weighted by atomic mass is 10.1. The molecule has 0 unspecified atom stereocenters. The zero-order valence-electron chi connectivity index (χ0n) is 17.4. The molecule has 0 aromatic heterocycles. The zero-order chi connectivity index (χ0) is 22.3. The Morgan fingerprint density at radius 3 is 2.56 bits per heavy atom. The Morgan fingerprint density at radius 2 is 1.78 bits per heavy atom. The van der Waals surface area contributed by atoms with E-state index < -0.39 is 0 Å². The molecule has 3 aromatic carbocycles. The first kappa shape index (κ1) is 21.6. The van der Waals surface area contributed by atoms with E-state index in [9.17, 15) is 9.18 Å². The van der Waals surface area contributed by atoms with E-state index in [1.165, 1.54) is 17.8 Å². The van der Waals surface area contributed by atoms with Crippen molar-refractivity contribution in [2.24, 2.45) is 4.99 Å². The lowest BCUT2D eigenvalue weighted by molar-refractivity contribution is -0.115. The third kappa shape index (κ3) is 5.36. The van der Waals surface area contributed by atoms with E-state index in [-0.39, 0.29) is 18.3 Å². The maximum Gasteiger partial charge on any atom is 0.264 e. The number of halogens is 1. The van der Waals surface area contributed by atoms with Crippen molar-refractivity contribution in [3.8, 4) is 11.5 Å². The van der Waals surface area contributed by atoms with Gasteiger partial charge in [0, 0.05) is 5.56 Å². The first-order valence-electron chi connectivity index (χ1n) is 10.1. The second kappa shape index (κ2) is 10.2. The predicted octanol–water partition coefficient (Wildman–Crippen LogP) is 5.70. The van der Waals surface area contributed by atoms with E-state index in [2.05, 4.69) is 10.3 Å². The Bertz CT molecular complexity index is 1180. The third-order valence-electron chi connectivity index (χ3n) is 4.54. The molecular formula is C25H21FN2O3S. The lowest BCUT2D eigenvalue weighted by Gasteiger charge is -2.13. The van der Waals surface area contributed by atoms with Gasteiger partial charge in [0.15, 0.2) is 16.7 Å². The Kier molecular flexibility index (Phi) is 6.87. The highest BCUT2D eigenvalue weighted by Crippen LogP contribution is 2.33. The fourth-order valence-corrected chi connectivity index (χ4v) is 3.87. The predicted molar refractivity (Wildman–Crippen MR) is 126 cm³/mol. The van der Waals surface area contributed by atoms with E-state index in [0.29, 0.717) is 33.7 Å². The SMILES string of the molecule is CCOc1cc(/C=C2/SC(=Nc3ccccc3)NC2=O)ccc1OCc1ccccc1F. The number of aliphatic imine (C=N–C) groups is 1. The van der Waals surface area contributed by atoms with Crippen LogP contribution in [-0.2, 0) is 11.4 Å². The molecule has 1 aliphatic rings. The van der Waals surface area contributed by atoms with Crippen LogP contribution in [-0.4, -0.2) is 17.7 Å². The van der Waals surface area contributed by atoms with Gasteiger partial charge in [-0.25, -0.2) is 9.38 Å². The van der Waals surface area contributed by atoms with Gasteiger partial charge in [0.25, 0.3) is 5.91 Å². The minimum absolute atomic E-state index is 0.0880. The monoisotopic (exact) mass is 448 g/mol. The molecule has 0 saturated carbocycles. The molecule has 1 fully saturated rings. The van der Waals surface area contributed by atoms with Gasteiger partial charge < -0.3 is 14.8 Å². The topological polar surface area (TPSA) is 59.9 Å². The number of thioether (sulfide) groups is 1. The van der Waals surface area contributed by atoms with Gasteiger partial charge in [-0.2, -0.15) is 0 Å². The molecule has 1 heterocycles. The second-order valence-corrected chi connectivity index (χ2v) is 7.87. The van der Waals surface area contributed by atoms with Crippen molar-refractivity contribution in [2.75, 3.05) is 6.61 Å². The molecule has 3 aromatic rings. The van der Waals surface area contributed by atoms with Crippen LogP contribution < -0.4 is 14.8 Å². The Hall–Kier alpha value is -3.58. The average Bonchev–Trinajstić information content (AvgIpc) is 3.13. The number of rotatable bonds is 7. The van der Waals surface area contributed by atoms with Crippen LogP contribution in [0.3, 0.4) is 0 Å². The molecular weight excluding hydrogens is 427 g/mol. The van der Waals surface area contributed by atoms with Gasteiger partial charge in [0.2, 0.25) is 0 Å². The summed E-state index contributed by atoms with van der Waals surface area (Å²) >= 11 is 1.28. The molecule has 4 rings (SSSR count). The van der Waals surface area contributed by atoms with Gasteiger partial charge in [0.1, 0.15) is 12.4 Å². The van der Waals surface area contributed by atoms with Gasteiger partial charge in [0.05, 0.1) is 17.2 Å². The first-order chi connectivity index (χ1) is 15.6. The summed E-state index contributed by atoms with van der Waals surface area (Å²) in [4.78, 5) is 17.4. The van der Waals surface area contributed by atoms with Crippen molar-refractivity contribution in [1.29, 1.82) is 0 Å². The average molecular weight is 449 g/mol. The Balaban J connectivity index is 1.52. The molecule has 1 amide bonds. The molecule has 32 heavy (non-hydrogen) atoms.